The number of esters is 1. The minimum atomic E-state index is -2.04. The Bertz CT molecular complexity index is 2800. The third-order valence-corrected chi connectivity index (χ3v) is 24.1. The van der Waals surface area contributed by atoms with Crippen LogP contribution in [-0.2, 0) is 75.9 Å². The summed E-state index contributed by atoms with van der Waals surface area (Å²) in [7, 11) is 1.20. The fourth-order valence-electron chi connectivity index (χ4n) is 18.7. The van der Waals surface area contributed by atoms with Crippen molar-refractivity contribution in [1.82, 2.24) is 0 Å². The minimum absolute atomic E-state index is 0.0518. The van der Waals surface area contributed by atoms with Crippen LogP contribution in [0.3, 0.4) is 0 Å². The van der Waals surface area contributed by atoms with E-state index >= 15 is 0 Å². The molecule has 37 atom stereocenters. The first-order chi connectivity index (χ1) is 45.7. The van der Waals surface area contributed by atoms with Crippen LogP contribution in [0.15, 0.2) is 23.8 Å². The van der Waals surface area contributed by atoms with Crippen LogP contribution in [-0.4, -0.2) is 312 Å². The van der Waals surface area contributed by atoms with Crippen LogP contribution in [0.5, 0.6) is 0 Å². The summed E-state index contributed by atoms with van der Waals surface area (Å²) in [6, 6.07) is 0. The predicted molar refractivity (Wildman–Crippen MR) is 325 cm³/mol. The van der Waals surface area contributed by atoms with E-state index in [4.69, 9.17) is 66.3 Å². The summed E-state index contributed by atoms with van der Waals surface area (Å²) >= 11 is 0. The summed E-state index contributed by atoms with van der Waals surface area (Å²) in [5.41, 5.74) is -1.59. The molecule has 0 bridgehead atoms. The second-order valence-corrected chi connectivity index (χ2v) is 30.4. The quantitative estimate of drug-likeness (QED) is 0.0319. The Morgan fingerprint density at radius 3 is 1.71 bits per heavy atom. The molecule has 554 valence electrons. The first kappa shape index (κ1) is 75.7. The van der Waals surface area contributed by atoms with Crippen molar-refractivity contribution in [2.24, 2.45) is 39.4 Å². The lowest BCUT2D eigenvalue weighted by Crippen LogP contribution is -2.67. The zero-order valence-electron chi connectivity index (χ0n) is 56.3. The van der Waals surface area contributed by atoms with E-state index in [1.807, 2.05) is 13.8 Å². The maximum absolute atomic E-state index is 14.5. The van der Waals surface area contributed by atoms with E-state index in [1.54, 1.807) is 0 Å². The third kappa shape index (κ3) is 13.0. The van der Waals surface area contributed by atoms with Crippen molar-refractivity contribution in [2.45, 2.75) is 303 Å². The van der Waals surface area contributed by atoms with Crippen molar-refractivity contribution < 1.29 is 153 Å². The summed E-state index contributed by atoms with van der Waals surface area (Å²) in [5.74, 6) is -1.02. The molecule has 0 radical (unpaired) electrons. The van der Waals surface area contributed by atoms with Gasteiger partial charge in [0.25, 0.3) is 0 Å². The molecular formula is C66H104O31. The number of carbonyl (C=O) groups is 2. The lowest BCUT2D eigenvalue weighted by Gasteiger charge is -2.63. The highest BCUT2D eigenvalue weighted by molar-refractivity contribution is 5.99. The van der Waals surface area contributed by atoms with E-state index in [2.05, 4.69) is 40.3 Å². The summed E-state index contributed by atoms with van der Waals surface area (Å²) in [6.45, 7) is 16.3. The second-order valence-electron chi connectivity index (χ2n) is 30.4. The molecule has 7 aliphatic heterocycles. The van der Waals surface area contributed by atoms with Crippen LogP contribution in [0.4, 0.5) is 0 Å². The maximum Gasteiger partial charge on any atom is 0.314 e. The summed E-state index contributed by atoms with van der Waals surface area (Å²) in [6.07, 6.45) is -42.5. The molecule has 7 heterocycles. The fraction of sp³-hybridized carbons (Fsp3) is 0.909. The number of cyclic esters (lactones) is 1. The predicted octanol–water partition coefficient (Wildman–Crippen LogP) is -3.53. The van der Waals surface area contributed by atoms with Gasteiger partial charge in [-0.05, 0) is 107 Å². The number of ketones is 1. The van der Waals surface area contributed by atoms with Gasteiger partial charge in [-0.25, -0.2) is 0 Å². The van der Waals surface area contributed by atoms with Gasteiger partial charge in [0.15, 0.2) is 37.7 Å². The van der Waals surface area contributed by atoms with Gasteiger partial charge in [0, 0.05) is 13.5 Å². The Labute approximate surface area is 562 Å². The number of ether oxygens (including phenoxy) is 14. The Balaban J connectivity index is 0.831. The number of aliphatic hydroxyl groups excluding tert-OH is 15. The SMILES string of the molecule is C=C(C)CCCC1(C)OC(=O)C23CC=C4C(CCC5C4(C)CCC(OC4OCC(OC6OC(CO)C(O)C(OC7OC(CO)C(O)C(O)C7O)C6O)C(O)C4OC4OC(C)C(OC6OC(C)C(O)C(OC7OC(CO)C(O)C(OC)C7O)C6O)C(O)C4O)C5(C)C)C2(C)CC(=O)C13. The Hall–Kier alpha value is -2.50. The summed E-state index contributed by atoms with van der Waals surface area (Å²) < 4.78 is 84.6. The molecule has 15 N–H and O–H groups in total. The zero-order valence-corrected chi connectivity index (χ0v) is 56.3. The van der Waals surface area contributed by atoms with Gasteiger partial charge in [-0.15, -0.1) is 6.58 Å². The number of methoxy groups -OCH3 is 1. The molecule has 3 saturated carbocycles. The van der Waals surface area contributed by atoms with Gasteiger partial charge in [0.2, 0.25) is 0 Å². The largest absolute Gasteiger partial charge is 0.458 e. The number of hydrogen-bond acceptors (Lipinski definition) is 31. The van der Waals surface area contributed by atoms with E-state index in [1.165, 1.54) is 26.5 Å². The molecule has 0 aromatic heterocycles. The molecule has 7 saturated heterocycles. The first-order valence-electron chi connectivity index (χ1n) is 34.1. The molecule has 11 aliphatic rings. The van der Waals surface area contributed by atoms with Crippen LogP contribution >= 0.6 is 0 Å². The van der Waals surface area contributed by atoms with Gasteiger partial charge in [-0.2, -0.15) is 0 Å². The molecule has 4 aliphatic carbocycles. The van der Waals surface area contributed by atoms with Crippen LogP contribution in [0.25, 0.3) is 0 Å². The number of carbonyl (C=O) groups excluding carboxylic acids is 2. The van der Waals surface area contributed by atoms with Crippen LogP contribution in [0.1, 0.15) is 113 Å². The number of Topliss-reactive ketones (excluding diaryl/α,β-unsaturated/α-hetero) is 1. The Morgan fingerprint density at radius 1 is 0.567 bits per heavy atom. The molecule has 37 unspecified atom stereocenters. The molecule has 11 rings (SSSR count). The van der Waals surface area contributed by atoms with Gasteiger partial charge >= 0.3 is 5.97 Å². The van der Waals surface area contributed by atoms with Crippen molar-refractivity contribution >= 4 is 11.8 Å². The van der Waals surface area contributed by atoms with Gasteiger partial charge in [-0.1, -0.05) is 44.9 Å². The van der Waals surface area contributed by atoms with Crippen molar-refractivity contribution in [3.63, 3.8) is 0 Å². The highest BCUT2D eigenvalue weighted by Gasteiger charge is 2.79. The number of aliphatic hydroxyl groups is 15. The number of fused-ring (bicyclic) bond motifs is 4. The molecule has 31 nitrogen and oxygen atoms in total. The maximum atomic E-state index is 14.5. The molecule has 97 heavy (non-hydrogen) atoms. The molecule has 1 spiro atoms. The highest BCUT2D eigenvalue weighted by atomic mass is 16.8. The van der Waals surface area contributed by atoms with Gasteiger partial charge < -0.3 is 143 Å². The first-order valence-corrected chi connectivity index (χ1v) is 34.1. The summed E-state index contributed by atoms with van der Waals surface area (Å²) in [4.78, 5) is 29.1. The average molecular weight is 1390 g/mol. The zero-order chi connectivity index (χ0) is 70.7. The third-order valence-electron chi connectivity index (χ3n) is 24.1. The molecule has 10 fully saturated rings. The molecule has 0 aromatic carbocycles. The molecule has 31 heteroatoms. The standard InChI is InChI=1S/C66H104O31/c1-25(2)12-11-17-65(9)54-30(70)20-64(8)29-13-14-35-62(5,6)36(16-18-63(35,7)28(29)15-19-66(54,64)61(83)97-65)92-60-53(41(75)34(24-85-60)91-58-48(82)52(40(74)33(23-69)89-58)95-56-44(78)42(76)38(72)31(21-67)88-56)96-55-45(79)43(77)49(27(4)87-55)93-57-47(81)51(37(71)26(3)86-57)94-59-46(80)50(84-10)39(73)32(22-68)90-59/h15,26-27,29,31-60,67-69,71-82H,1,11-14,16-24H2,2-10H3. The van der Waals surface area contributed by atoms with E-state index in [0.29, 0.717) is 38.5 Å². The Morgan fingerprint density at radius 2 is 1.09 bits per heavy atom. The summed E-state index contributed by atoms with van der Waals surface area (Å²) in [5, 5.41) is 166. The minimum Gasteiger partial charge on any atom is -0.458 e. The fourth-order valence-corrected chi connectivity index (χ4v) is 18.7. The van der Waals surface area contributed by atoms with E-state index < -0.39 is 244 Å². The van der Waals surface area contributed by atoms with Crippen LogP contribution in [0.2, 0.25) is 0 Å². The van der Waals surface area contributed by atoms with Crippen molar-refractivity contribution in [3.05, 3.63) is 23.8 Å². The molecule has 0 aromatic rings. The Kier molecular flexibility index (Phi) is 22.5. The second kappa shape index (κ2) is 28.9. The molecular weight excluding hydrogens is 1290 g/mol. The van der Waals surface area contributed by atoms with E-state index in [9.17, 15) is 86.2 Å². The van der Waals surface area contributed by atoms with Gasteiger partial charge in [-0.3, -0.25) is 9.59 Å². The van der Waals surface area contributed by atoms with Crippen molar-refractivity contribution in [3.8, 4) is 0 Å². The lowest BCUT2D eigenvalue weighted by molar-refractivity contribution is -0.396. The monoisotopic (exact) mass is 1390 g/mol. The highest BCUT2D eigenvalue weighted by Crippen LogP contribution is 2.75. The topological polar surface area (TPSA) is 467 Å². The van der Waals surface area contributed by atoms with Crippen molar-refractivity contribution in [1.29, 1.82) is 0 Å². The normalized spacial score (nSPS) is 52.9. The van der Waals surface area contributed by atoms with Crippen molar-refractivity contribution in [2.75, 3.05) is 33.5 Å². The lowest BCUT2D eigenvalue weighted by atomic mass is 9.41. The number of allylic oxidation sites excluding steroid dienone is 3. The van der Waals surface area contributed by atoms with E-state index in [0.717, 1.165) is 18.4 Å². The van der Waals surface area contributed by atoms with Gasteiger partial charge in [0.1, 0.15) is 140 Å². The smallest absolute Gasteiger partial charge is 0.314 e. The van der Waals surface area contributed by atoms with Crippen LogP contribution in [0, 0.1) is 39.4 Å². The number of hydrogen-bond donors (Lipinski definition) is 15. The van der Waals surface area contributed by atoms with Gasteiger partial charge in [0.05, 0.1) is 56.1 Å². The average Bonchev–Trinajstić information content (AvgIpc) is 1.52. The van der Waals surface area contributed by atoms with Crippen LogP contribution < -0.4 is 0 Å². The van der Waals surface area contributed by atoms with E-state index in [-0.39, 0.29) is 30.0 Å². The number of rotatable bonds is 20. The molecule has 0 amide bonds.